The summed E-state index contributed by atoms with van der Waals surface area (Å²) in [5.41, 5.74) is 1.92. The third-order valence-corrected chi connectivity index (χ3v) is 4.13. The van der Waals surface area contributed by atoms with Gasteiger partial charge in [0, 0.05) is 44.6 Å². The fourth-order valence-corrected chi connectivity index (χ4v) is 2.91. The van der Waals surface area contributed by atoms with Crippen molar-refractivity contribution < 1.29 is 9.84 Å². The van der Waals surface area contributed by atoms with Crippen LogP contribution in [0.4, 0.5) is 0 Å². The average molecular weight is 279 g/mol. The largest absolute Gasteiger partial charge is 0.396 e. The highest BCUT2D eigenvalue weighted by Crippen LogP contribution is 2.33. The lowest BCUT2D eigenvalue weighted by molar-refractivity contribution is 0.00434. The first-order valence-corrected chi connectivity index (χ1v) is 7.27. The van der Waals surface area contributed by atoms with Crippen molar-refractivity contribution in [3.8, 4) is 0 Å². The molecule has 5 heteroatoms. The molecule has 0 saturated carbocycles. The van der Waals surface area contributed by atoms with Crippen LogP contribution in [0.1, 0.15) is 30.7 Å². The predicted octanol–water partition coefficient (Wildman–Crippen LogP) is 1.40. The van der Waals surface area contributed by atoms with Crippen LogP contribution in [0, 0.1) is 12.3 Å². The molecule has 1 aliphatic rings. The van der Waals surface area contributed by atoms with Gasteiger partial charge in [-0.3, -0.25) is 14.9 Å². The van der Waals surface area contributed by atoms with Crippen LogP contribution >= 0.6 is 0 Å². The molecule has 2 heterocycles. The smallest absolute Gasteiger partial charge is 0.0727 e. The molecule has 1 saturated heterocycles. The summed E-state index contributed by atoms with van der Waals surface area (Å²) in [6, 6.07) is 0. The summed E-state index contributed by atoms with van der Waals surface area (Å²) in [7, 11) is 1.72. The highest BCUT2D eigenvalue weighted by Gasteiger charge is 2.34. The number of methoxy groups -OCH3 is 1. The van der Waals surface area contributed by atoms with Gasteiger partial charge < -0.3 is 9.84 Å². The molecule has 0 unspecified atom stereocenters. The fraction of sp³-hybridized carbons (Fsp3) is 0.733. The number of hydrogen-bond acceptors (Lipinski definition) is 5. The number of ether oxygens (including phenoxy) is 1. The summed E-state index contributed by atoms with van der Waals surface area (Å²) in [4.78, 5) is 11.1. The monoisotopic (exact) mass is 279 g/mol. The Bertz CT molecular complexity index is 410. The molecule has 1 N–H and O–H groups in total. The van der Waals surface area contributed by atoms with E-state index in [1.165, 1.54) is 0 Å². The Morgan fingerprint density at radius 3 is 2.90 bits per heavy atom. The average Bonchev–Trinajstić information content (AvgIpc) is 2.48. The molecule has 0 amide bonds. The molecule has 1 aromatic rings. The van der Waals surface area contributed by atoms with Crippen molar-refractivity contribution in [2.24, 2.45) is 5.41 Å². The third kappa shape index (κ3) is 3.98. The van der Waals surface area contributed by atoms with Crippen molar-refractivity contribution in [3.63, 3.8) is 0 Å². The summed E-state index contributed by atoms with van der Waals surface area (Å²) in [5.74, 6) is 0. The topological polar surface area (TPSA) is 58.5 Å². The molecule has 5 nitrogen and oxygen atoms in total. The number of aromatic nitrogens is 2. The summed E-state index contributed by atoms with van der Waals surface area (Å²) in [6.07, 6.45) is 6.76. The van der Waals surface area contributed by atoms with Gasteiger partial charge in [0.15, 0.2) is 0 Å². The second-order valence-electron chi connectivity index (χ2n) is 5.86. The first-order chi connectivity index (χ1) is 9.67. The molecule has 1 fully saturated rings. The molecular formula is C15H25N3O2. The van der Waals surface area contributed by atoms with Gasteiger partial charge in [0.25, 0.3) is 0 Å². The number of piperidine rings is 1. The van der Waals surface area contributed by atoms with E-state index in [-0.39, 0.29) is 12.0 Å². The number of rotatable bonds is 6. The maximum Gasteiger partial charge on any atom is 0.0727 e. The number of aliphatic hydroxyl groups is 1. The fourth-order valence-electron chi connectivity index (χ4n) is 2.91. The van der Waals surface area contributed by atoms with Crippen molar-refractivity contribution in [2.45, 2.75) is 32.7 Å². The van der Waals surface area contributed by atoms with Gasteiger partial charge in [-0.15, -0.1) is 0 Å². The van der Waals surface area contributed by atoms with Crippen molar-refractivity contribution in [1.82, 2.24) is 14.9 Å². The van der Waals surface area contributed by atoms with Crippen LogP contribution in [-0.4, -0.2) is 53.4 Å². The first kappa shape index (κ1) is 15.4. The van der Waals surface area contributed by atoms with E-state index in [0.717, 1.165) is 50.3 Å². The van der Waals surface area contributed by atoms with E-state index in [9.17, 15) is 5.11 Å². The maximum absolute atomic E-state index is 9.78. The molecule has 0 aliphatic carbocycles. The quantitative estimate of drug-likeness (QED) is 0.853. The minimum Gasteiger partial charge on any atom is -0.396 e. The second-order valence-corrected chi connectivity index (χ2v) is 5.86. The SMILES string of the molecule is COCC[C@]1(CO)CCCN(Cc2cnc(C)cn2)C1. The first-order valence-electron chi connectivity index (χ1n) is 7.27. The van der Waals surface area contributed by atoms with E-state index in [0.29, 0.717) is 6.61 Å². The van der Waals surface area contributed by atoms with E-state index in [1.807, 2.05) is 19.3 Å². The van der Waals surface area contributed by atoms with Gasteiger partial charge in [-0.25, -0.2) is 0 Å². The van der Waals surface area contributed by atoms with E-state index < -0.39 is 0 Å². The van der Waals surface area contributed by atoms with Crippen LogP contribution in [0.2, 0.25) is 0 Å². The van der Waals surface area contributed by atoms with Gasteiger partial charge in [-0.1, -0.05) is 0 Å². The highest BCUT2D eigenvalue weighted by atomic mass is 16.5. The molecule has 112 valence electrons. The molecular weight excluding hydrogens is 254 g/mol. The Morgan fingerprint density at radius 1 is 1.40 bits per heavy atom. The Balaban J connectivity index is 1.96. The number of likely N-dealkylation sites (tertiary alicyclic amines) is 1. The van der Waals surface area contributed by atoms with Crippen LogP contribution in [0.25, 0.3) is 0 Å². The Hall–Kier alpha value is -1.04. The maximum atomic E-state index is 9.78. The molecule has 0 radical (unpaired) electrons. The second kappa shape index (κ2) is 7.11. The van der Waals surface area contributed by atoms with Crippen molar-refractivity contribution >= 4 is 0 Å². The summed E-state index contributed by atoms with van der Waals surface area (Å²) >= 11 is 0. The van der Waals surface area contributed by atoms with Crippen LogP contribution in [-0.2, 0) is 11.3 Å². The molecule has 20 heavy (non-hydrogen) atoms. The lowest BCUT2D eigenvalue weighted by Crippen LogP contribution is -2.45. The van der Waals surface area contributed by atoms with Gasteiger partial charge in [0.05, 0.1) is 18.0 Å². The van der Waals surface area contributed by atoms with Gasteiger partial charge in [0.1, 0.15) is 0 Å². The zero-order valence-electron chi connectivity index (χ0n) is 12.5. The molecule has 1 aromatic heterocycles. The molecule has 2 rings (SSSR count). The van der Waals surface area contributed by atoms with E-state index in [4.69, 9.17) is 4.74 Å². The van der Waals surface area contributed by atoms with Crippen molar-refractivity contribution in [1.29, 1.82) is 0 Å². The normalized spacial score (nSPS) is 23.9. The van der Waals surface area contributed by atoms with E-state index in [1.54, 1.807) is 7.11 Å². The Kier molecular flexibility index (Phi) is 5.46. The van der Waals surface area contributed by atoms with Gasteiger partial charge in [0.2, 0.25) is 0 Å². The van der Waals surface area contributed by atoms with Crippen molar-refractivity contribution in [3.05, 3.63) is 23.8 Å². The number of aliphatic hydroxyl groups excluding tert-OH is 1. The molecule has 0 bridgehead atoms. The zero-order valence-corrected chi connectivity index (χ0v) is 12.5. The van der Waals surface area contributed by atoms with E-state index in [2.05, 4.69) is 14.9 Å². The van der Waals surface area contributed by atoms with Crippen molar-refractivity contribution in [2.75, 3.05) is 33.4 Å². The Morgan fingerprint density at radius 2 is 2.25 bits per heavy atom. The van der Waals surface area contributed by atoms with Gasteiger partial charge in [-0.2, -0.15) is 0 Å². The minimum absolute atomic E-state index is 0.0214. The summed E-state index contributed by atoms with van der Waals surface area (Å²) < 4.78 is 5.19. The molecule has 0 spiro atoms. The predicted molar refractivity (Wildman–Crippen MR) is 77.3 cm³/mol. The van der Waals surface area contributed by atoms with Crippen LogP contribution in [0.5, 0.6) is 0 Å². The zero-order chi connectivity index (χ0) is 14.4. The minimum atomic E-state index is -0.0214. The van der Waals surface area contributed by atoms with Gasteiger partial charge >= 0.3 is 0 Å². The molecule has 1 aliphatic heterocycles. The lowest BCUT2D eigenvalue weighted by atomic mass is 9.78. The molecule has 1 atom stereocenters. The van der Waals surface area contributed by atoms with Gasteiger partial charge in [-0.05, 0) is 32.7 Å². The van der Waals surface area contributed by atoms with Crippen LogP contribution < -0.4 is 0 Å². The standard InChI is InChI=1S/C15H25N3O2/c1-13-8-17-14(9-16-13)10-18-6-3-4-15(11-18,12-19)5-7-20-2/h8-9,19H,3-7,10-12H2,1-2H3/t15-/m1/s1. The number of hydrogen-bond donors (Lipinski definition) is 1. The van der Waals surface area contributed by atoms with Crippen LogP contribution in [0.15, 0.2) is 12.4 Å². The number of aryl methyl sites for hydroxylation is 1. The molecule has 0 aromatic carbocycles. The summed E-state index contributed by atoms with van der Waals surface area (Å²) in [5, 5.41) is 9.78. The number of nitrogens with zero attached hydrogens (tertiary/aromatic N) is 3. The van der Waals surface area contributed by atoms with Crippen LogP contribution in [0.3, 0.4) is 0 Å². The highest BCUT2D eigenvalue weighted by molar-refractivity contribution is 5.01. The summed E-state index contributed by atoms with van der Waals surface area (Å²) in [6.45, 7) is 5.65. The lowest BCUT2D eigenvalue weighted by Gasteiger charge is -2.41. The third-order valence-electron chi connectivity index (χ3n) is 4.13. The Labute approximate surface area is 121 Å². The van der Waals surface area contributed by atoms with E-state index >= 15 is 0 Å².